The van der Waals surface area contributed by atoms with Gasteiger partial charge in [0.15, 0.2) is 0 Å². The molecule has 28 heavy (non-hydrogen) atoms. The maximum absolute atomic E-state index is 13.0. The third kappa shape index (κ3) is 4.69. The number of sulfonamides is 1. The van der Waals surface area contributed by atoms with E-state index in [-0.39, 0.29) is 35.0 Å². The molecule has 2 heterocycles. The molecule has 1 saturated heterocycles. The van der Waals surface area contributed by atoms with Crippen molar-refractivity contribution < 1.29 is 18.0 Å². The molecule has 0 unspecified atom stereocenters. The molecule has 0 atom stereocenters. The standard InChI is InChI=1S/C19H27N3O4S2/c1-14(2)20-18(23)12-22-16-8-7-15(11-17(16)27-13-19(22)24)28(25,26)21-9-5-3-4-6-10-21/h7-8,11,14H,3-6,9-10,12-13H2,1-2H3,(H,20,23). The number of anilines is 1. The Morgan fingerprint density at radius 3 is 2.50 bits per heavy atom. The zero-order chi connectivity index (χ0) is 20.3. The molecule has 0 spiro atoms. The first kappa shape index (κ1) is 21.1. The molecule has 9 heteroatoms. The number of hydrogen-bond donors (Lipinski definition) is 1. The number of nitrogens with zero attached hydrogens (tertiary/aromatic N) is 2. The molecule has 154 valence electrons. The minimum atomic E-state index is -3.55. The van der Waals surface area contributed by atoms with Gasteiger partial charge in [-0.1, -0.05) is 12.8 Å². The third-order valence-corrected chi connectivity index (χ3v) is 7.75. The predicted octanol–water partition coefficient (Wildman–Crippen LogP) is 2.21. The highest BCUT2D eigenvalue weighted by atomic mass is 32.2. The van der Waals surface area contributed by atoms with E-state index in [1.807, 2.05) is 13.8 Å². The minimum Gasteiger partial charge on any atom is -0.352 e. The number of nitrogens with one attached hydrogen (secondary N) is 1. The van der Waals surface area contributed by atoms with Gasteiger partial charge in [-0.2, -0.15) is 4.31 Å². The molecule has 1 fully saturated rings. The van der Waals surface area contributed by atoms with Crippen molar-refractivity contribution in [2.45, 2.75) is 55.4 Å². The molecule has 2 aliphatic rings. The average molecular weight is 426 g/mol. The van der Waals surface area contributed by atoms with Crippen LogP contribution in [0.5, 0.6) is 0 Å². The van der Waals surface area contributed by atoms with Crippen molar-refractivity contribution in [2.24, 2.45) is 0 Å². The molecule has 0 radical (unpaired) electrons. The second kappa shape index (κ2) is 8.84. The zero-order valence-electron chi connectivity index (χ0n) is 16.3. The van der Waals surface area contributed by atoms with E-state index in [9.17, 15) is 18.0 Å². The number of hydrogen-bond acceptors (Lipinski definition) is 5. The zero-order valence-corrected chi connectivity index (χ0v) is 17.9. The normalized spacial score (nSPS) is 18.7. The summed E-state index contributed by atoms with van der Waals surface area (Å²) < 4.78 is 27.6. The van der Waals surface area contributed by atoms with E-state index in [2.05, 4.69) is 5.32 Å². The highest BCUT2D eigenvalue weighted by Gasteiger charge is 2.30. The molecule has 3 rings (SSSR count). The van der Waals surface area contributed by atoms with Gasteiger partial charge in [0, 0.05) is 24.0 Å². The van der Waals surface area contributed by atoms with Crippen molar-refractivity contribution in [1.82, 2.24) is 9.62 Å². The Hall–Kier alpha value is -1.58. The fourth-order valence-electron chi connectivity index (χ4n) is 3.46. The molecule has 0 aliphatic carbocycles. The molecule has 2 amide bonds. The van der Waals surface area contributed by atoms with Crippen LogP contribution in [0.4, 0.5) is 5.69 Å². The molecular formula is C19H27N3O4S2. The molecular weight excluding hydrogens is 398 g/mol. The Labute approximate surface area is 170 Å². The van der Waals surface area contributed by atoms with Crippen molar-refractivity contribution >= 4 is 39.3 Å². The lowest BCUT2D eigenvalue weighted by molar-refractivity contribution is -0.123. The minimum absolute atomic E-state index is 0.0117. The summed E-state index contributed by atoms with van der Waals surface area (Å²) in [6.45, 7) is 4.75. The third-order valence-electron chi connectivity index (χ3n) is 4.83. The molecule has 7 nitrogen and oxygen atoms in total. The topological polar surface area (TPSA) is 86.8 Å². The van der Waals surface area contributed by atoms with Gasteiger partial charge in [0.05, 0.1) is 16.3 Å². The molecule has 0 saturated carbocycles. The van der Waals surface area contributed by atoms with Crippen LogP contribution in [0.25, 0.3) is 0 Å². The summed E-state index contributed by atoms with van der Waals surface area (Å²) in [6, 6.07) is 4.82. The van der Waals surface area contributed by atoms with Crippen LogP contribution in [0.1, 0.15) is 39.5 Å². The quantitative estimate of drug-likeness (QED) is 0.782. The van der Waals surface area contributed by atoms with Crippen LogP contribution < -0.4 is 10.2 Å². The first-order valence-corrected chi connectivity index (χ1v) is 12.1. The summed E-state index contributed by atoms with van der Waals surface area (Å²) in [7, 11) is -3.55. The monoisotopic (exact) mass is 425 g/mol. The van der Waals surface area contributed by atoms with Gasteiger partial charge in [-0.25, -0.2) is 8.42 Å². The number of amides is 2. The first-order chi connectivity index (χ1) is 13.3. The van der Waals surface area contributed by atoms with Gasteiger partial charge in [-0.05, 0) is 44.9 Å². The highest BCUT2D eigenvalue weighted by molar-refractivity contribution is 8.00. The van der Waals surface area contributed by atoms with Gasteiger partial charge in [0.25, 0.3) is 0 Å². The lowest BCUT2D eigenvalue weighted by Crippen LogP contribution is -2.45. The van der Waals surface area contributed by atoms with Crippen molar-refractivity contribution in [1.29, 1.82) is 0 Å². The smallest absolute Gasteiger partial charge is 0.243 e. The summed E-state index contributed by atoms with van der Waals surface area (Å²) in [4.78, 5) is 26.9. The Morgan fingerprint density at radius 1 is 1.18 bits per heavy atom. The number of carbonyl (C=O) groups excluding carboxylic acids is 2. The van der Waals surface area contributed by atoms with Crippen LogP contribution in [0.3, 0.4) is 0 Å². The van der Waals surface area contributed by atoms with E-state index in [1.54, 1.807) is 22.5 Å². The summed E-state index contributed by atoms with van der Waals surface area (Å²) >= 11 is 1.32. The molecule has 1 aromatic rings. The Morgan fingerprint density at radius 2 is 1.86 bits per heavy atom. The van der Waals surface area contributed by atoms with E-state index in [0.29, 0.717) is 23.7 Å². The largest absolute Gasteiger partial charge is 0.352 e. The molecule has 1 N–H and O–H groups in total. The lowest BCUT2D eigenvalue weighted by Gasteiger charge is -2.29. The molecule has 1 aromatic carbocycles. The van der Waals surface area contributed by atoms with E-state index in [4.69, 9.17) is 0 Å². The fraction of sp³-hybridized carbons (Fsp3) is 0.579. The van der Waals surface area contributed by atoms with Crippen LogP contribution >= 0.6 is 11.8 Å². The maximum Gasteiger partial charge on any atom is 0.243 e. The predicted molar refractivity (Wildman–Crippen MR) is 110 cm³/mol. The number of thioether (sulfide) groups is 1. The highest BCUT2D eigenvalue weighted by Crippen LogP contribution is 2.37. The number of benzene rings is 1. The number of rotatable bonds is 5. The first-order valence-electron chi connectivity index (χ1n) is 9.66. The summed E-state index contributed by atoms with van der Waals surface area (Å²) in [5, 5.41) is 2.78. The van der Waals surface area contributed by atoms with E-state index in [1.165, 1.54) is 16.7 Å². The van der Waals surface area contributed by atoms with Crippen molar-refractivity contribution in [3.05, 3.63) is 18.2 Å². The average Bonchev–Trinajstić information content (AvgIpc) is 2.93. The van der Waals surface area contributed by atoms with Crippen LogP contribution in [0.2, 0.25) is 0 Å². The van der Waals surface area contributed by atoms with E-state index < -0.39 is 10.0 Å². The van der Waals surface area contributed by atoms with Crippen LogP contribution in [-0.4, -0.2) is 56.0 Å². The molecule has 0 bridgehead atoms. The van der Waals surface area contributed by atoms with Crippen LogP contribution in [-0.2, 0) is 19.6 Å². The van der Waals surface area contributed by atoms with E-state index in [0.717, 1.165) is 25.7 Å². The lowest BCUT2D eigenvalue weighted by atomic mass is 10.2. The van der Waals surface area contributed by atoms with Gasteiger partial charge in [-0.15, -0.1) is 11.8 Å². The van der Waals surface area contributed by atoms with Gasteiger partial charge >= 0.3 is 0 Å². The van der Waals surface area contributed by atoms with Crippen LogP contribution in [0, 0.1) is 0 Å². The number of carbonyl (C=O) groups is 2. The van der Waals surface area contributed by atoms with Crippen molar-refractivity contribution in [2.75, 3.05) is 30.3 Å². The fourth-order valence-corrected chi connectivity index (χ4v) is 6.05. The van der Waals surface area contributed by atoms with Gasteiger partial charge in [0.2, 0.25) is 21.8 Å². The van der Waals surface area contributed by atoms with E-state index >= 15 is 0 Å². The summed E-state index contributed by atoms with van der Waals surface area (Å²) in [6.07, 6.45) is 3.88. The second-order valence-electron chi connectivity index (χ2n) is 7.44. The Kier molecular flexibility index (Phi) is 6.67. The van der Waals surface area contributed by atoms with Crippen LogP contribution in [0.15, 0.2) is 28.0 Å². The van der Waals surface area contributed by atoms with Gasteiger partial charge < -0.3 is 10.2 Å². The Bertz CT molecular complexity index is 847. The SMILES string of the molecule is CC(C)NC(=O)CN1C(=O)CSc2cc(S(=O)(=O)N3CCCCCC3)ccc21. The molecule has 0 aromatic heterocycles. The van der Waals surface area contributed by atoms with Gasteiger partial charge in [-0.3, -0.25) is 9.59 Å². The number of fused-ring (bicyclic) bond motifs is 1. The second-order valence-corrected chi connectivity index (χ2v) is 10.4. The maximum atomic E-state index is 13.0. The molecule has 2 aliphatic heterocycles. The van der Waals surface area contributed by atoms with Gasteiger partial charge in [0.1, 0.15) is 6.54 Å². The Balaban J connectivity index is 1.85. The van der Waals surface area contributed by atoms with Crippen molar-refractivity contribution in [3.8, 4) is 0 Å². The summed E-state index contributed by atoms with van der Waals surface area (Å²) in [5.74, 6) is -0.197. The van der Waals surface area contributed by atoms with Crippen molar-refractivity contribution in [3.63, 3.8) is 0 Å². The summed E-state index contributed by atoms with van der Waals surface area (Å²) in [5.41, 5.74) is 0.593.